The van der Waals surface area contributed by atoms with Crippen LogP contribution >= 0.6 is 11.8 Å². The molecule has 26 heavy (non-hydrogen) atoms. The van der Waals surface area contributed by atoms with Crippen LogP contribution in [0.15, 0.2) is 53.6 Å². The highest BCUT2D eigenvalue weighted by molar-refractivity contribution is 7.99. The predicted octanol–water partition coefficient (Wildman–Crippen LogP) is 4.23. The number of carbonyl (C=O) groups is 1. The lowest BCUT2D eigenvalue weighted by Crippen LogP contribution is -2.30. The fourth-order valence-corrected chi connectivity index (χ4v) is 4.21. The van der Waals surface area contributed by atoms with E-state index < -0.39 is 0 Å². The number of aryl methyl sites for hydroxylation is 1. The monoisotopic (exact) mass is 364 g/mol. The van der Waals surface area contributed by atoms with Crippen LogP contribution in [0.1, 0.15) is 11.1 Å². The summed E-state index contributed by atoms with van der Waals surface area (Å²) in [5.74, 6) is 1.30. The average Bonchev–Trinajstić information content (AvgIpc) is 3.10. The molecule has 1 aliphatic heterocycles. The molecule has 1 aliphatic rings. The van der Waals surface area contributed by atoms with E-state index in [9.17, 15) is 4.79 Å². The zero-order chi connectivity index (χ0) is 18.1. The van der Waals surface area contributed by atoms with Crippen LogP contribution in [0.5, 0.6) is 5.75 Å². The Labute approximate surface area is 157 Å². The molecule has 132 valence electrons. The first-order valence-corrected chi connectivity index (χ1v) is 9.61. The maximum Gasteiger partial charge on any atom is 0.237 e. The summed E-state index contributed by atoms with van der Waals surface area (Å²) in [6, 6.07) is 16.1. The Balaban J connectivity index is 1.52. The normalized spacial score (nSPS) is 13.1. The molecule has 0 N–H and O–H groups in total. The first-order valence-electron chi connectivity index (χ1n) is 8.62. The van der Waals surface area contributed by atoms with Crippen LogP contribution in [0.3, 0.4) is 0 Å². The van der Waals surface area contributed by atoms with Gasteiger partial charge in [-0.3, -0.25) is 4.79 Å². The number of hydrogen-bond acceptors (Lipinski definition) is 4. The molecule has 0 radical (unpaired) electrons. The van der Waals surface area contributed by atoms with E-state index in [1.165, 1.54) is 17.3 Å². The number of para-hydroxylation sites is 1. The van der Waals surface area contributed by atoms with Crippen molar-refractivity contribution < 1.29 is 9.53 Å². The highest BCUT2D eigenvalue weighted by Gasteiger charge is 2.24. The number of methoxy groups -OCH3 is 1. The molecule has 1 aromatic heterocycles. The van der Waals surface area contributed by atoms with Crippen LogP contribution in [-0.4, -0.2) is 30.3 Å². The van der Waals surface area contributed by atoms with Crippen LogP contribution < -0.4 is 9.64 Å². The number of fused-ring (bicyclic) bond motifs is 2. The van der Waals surface area contributed by atoms with E-state index in [-0.39, 0.29) is 5.91 Å². The Bertz CT molecular complexity index is 987. The number of hydrogen-bond donors (Lipinski definition) is 0. The SMILES string of the molecule is COc1ccc2c(C)cc(SCC(=O)N3CCc4ccccc43)nc2c1. The summed E-state index contributed by atoms with van der Waals surface area (Å²) in [6.07, 6.45) is 0.930. The zero-order valence-corrected chi connectivity index (χ0v) is 15.7. The first kappa shape index (κ1) is 16.9. The van der Waals surface area contributed by atoms with Gasteiger partial charge in [0.25, 0.3) is 0 Å². The molecule has 0 saturated heterocycles. The van der Waals surface area contributed by atoms with Gasteiger partial charge in [0.1, 0.15) is 5.75 Å². The molecule has 2 aromatic carbocycles. The van der Waals surface area contributed by atoms with Crippen LogP contribution in [-0.2, 0) is 11.2 Å². The van der Waals surface area contributed by atoms with E-state index in [1.54, 1.807) is 7.11 Å². The average molecular weight is 364 g/mol. The largest absolute Gasteiger partial charge is 0.497 e. The van der Waals surface area contributed by atoms with Crippen molar-refractivity contribution in [1.82, 2.24) is 4.98 Å². The molecule has 0 saturated carbocycles. The van der Waals surface area contributed by atoms with Gasteiger partial charge in [-0.25, -0.2) is 4.98 Å². The molecular weight excluding hydrogens is 344 g/mol. The van der Waals surface area contributed by atoms with Crippen molar-refractivity contribution in [3.8, 4) is 5.75 Å². The Hall–Kier alpha value is -2.53. The standard InChI is InChI=1S/C21H20N2O2S/c1-14-11-20(22-18-12-16(25-2)7-8-17(14)18)26-13-21(24)23-10-9-15-5-3-4-6-19(15)23/h3-8,11-12H,9-10,13H2,1-2H3. The van der Waals surface area contributed by atoms with Crippen LogP contribution in [0, 0.1) is 6.92 Å². The van der Waals surface area contributed by atoms with E-state index in [4.69, 9.17) is 9.72 Å². The predicted molar refractivity (Wildman–Crippen MR) is 106 cm³/mol. The minimum absolute atomic E-state index is 0.130. The highest BCUT2D eigenvalue weighted by atomic mass is 32.2. The number of aromatic nitrogens is 1. The quantitative estimate of drug-likeness (QED) is 0.650. The van der Waals surface area contributed by atoms with E-state index in [0.717, 1.165) is 45.9 Å². The number of ether oxygens (including phenoxy) is 1. The second-order valence-corrected chi connectivity index (χ2v) is 7.37. The van der Waals surface area contributed by atoms with E-state index in [1.807, 2.05) is 47.4 Å². The van der Waals surface area contributed by atoms with Gasteiger partial charge in [-0.1, -0.05) is 30.0 Å². The second-order valence-electron chi connectivity index (χ2n) is 6.37. The molecule has 0 fully saturated rings. The minimum Gasteiger partial charge on any atom is -0.497 e. The van der Waals surface area contributed by atoms with Crippen LogP contribution in [0.25, 0.3) is 10.9 Å². The van der Waals surface area contributed by atoms with Crippen molar-refractivity contribution in [3.63, 3.8) is 0 Å². The molecule has 1 amide bonds. The molecule has 0 spiro atoms. The second kappa shape index (κ2) is 7.00. The number of anilines is 1. The molecule has 0 bridgehead atoms. The summed E-state index contributed by atoms with van der Waals surface area (Å²) >= 11 is 1.49. The fourth-order valence-electron chi connectivity index (χ4n) is 3.36. The van der Waals surface area contributed by atoms with Gasteiger partial charge in [-0.15, -0.1) is 0 Å². The molecule has 0 aliphatic carbocycles. The Morgan fingerprint density at radius 1 is 1.23 bits per heavy atom. The van der Waals surface area contributed by atoms with Gasteiger partial charge in [-0.05, 0) is 48.7 Å². The van der Waals surface area contributed by atoms with Gasteiger partial charge in [-0.2, -0.15) is 0 Å². The number of benzene rings is 2. The van der Waals surface area contributed by atoms with Gasteiger partial charge in [0.05, 0.1) is 23.4 Å². The lowest BCUT2D eigenvalue weighted by Gasteiger charge is -2.17. The van der Waals surface area contributed by atoms with Crippen molar-refractivity contribution in [2.75, 3.05) is 24.3 Å². The summed E-state index contributed by atoms with van der Waals surface area (Å²) in [4.78, 5) is 19.3. The van der Waals surface area contributed by atoms with E-state index in [2.05, 4.69) is 13.0 Å². The number of carbonyl (C=O) groups excluding carboxylic acids is 1. The van der Waals surface area contributed by atoms with Gasteiger partial charge in [0, 0.05) is 23.7 Å². The van der Waals surface area contributed by atoms with E-state index in [0.29, 0.717) is 5.75 Å². The van der Waals surface area contributed by atoms with Crippen molar-refractivity contribution in [2.45, 2.75) is 18.4 Å². The number of thioether (sulfide) groups is 1. The third kappa shape index (κ3) is 3.15. The van der Waals surface area contributed by atoms with Gasteiger partial charge in [0.2, 0.25) is 5.91 Å². The molecule has 4 nitrogen and oxygen atoms in total. The number of pyridine rings is 1. The molecular formula is C21H20N2O2S. The molecule has 4 rings (SSSR count). The Morgan fingerprint density at radius 3 is 2.92 bits per heavy atom. The summed E-state index contributed by atoms with van der Waals surface area (Å²) in [6.45, 7) is 2.83. The van der Waals surface area contributed by atoms with Gasteiger partial charge in [0.15, 0.2) is 0 Å². The number of amides is 1. The molecule has 0 atom stereocenters. The summed E-state index contributed by atoms with van der Waals surface area (Å²) < 4.78 is 5.29. The van der Waals surface area contributed by atoms with Crippen LogP contribution in [0.4, 0.5) is 5.69 Å². The molecule has 3 aromatic rings. The minimum atomic E-state index is 0.130. The molecule has 2 heterocycles. The number of nitrogens with zero attached hydrogens (tertiary/aromatic N) is 2. The lowest BCUT2D eigenvalue weighted by molar-refractivity contribution is -0.116. The maximum atomic E-state index is 12.7. The van der Waals surface area contributed by atoms with Crippen molar-refractivity contribution >= 4 is 34.3 Å². The maximum absolute atomic E-state index is 12.7. The van der Waals surface area contributed by atoms with Gasteiger partial charge < -0.3 is 9.64 Å². The van der Waals surface area contributed by atoms with Crippen molar-refractivity contribution in [2.24, 2.45) is 0 Å². The smallest absolute Gasteiger partial charge is 0.237 e. The van der Waals surface area contributed by atoms with Gasteiger partial charge >= 0.3 is 0 Å². The van der Waals surface area contributed by atoms with Crippen molar-refractivity contribution in [1.29, 1.82) is 0 Å². The first-order chi connectivity index (χ1) is 12.7. The van der Waals surface area contributed by atoms with E-state index >= 15 is 0 Å². The van der Waals surface area contributed by atoms with Crippen molar-refractivity contribution in [3.05, 3.63) is 59.7 Å². The zero-order valence-electron chi connectivity index (χ0n) is 14.9. The molecule has 0 unspecified atom stereocenters. The number of rotatable bonds is 4. The third-order valence-electron chi connectivity index (χ3n) is 4.73. The summed E-state index contributed by atoms with van der Waals surface area (Å²) in [5.41, 5.74) is 4.34. The molecule has 5 heteroatoms. The third-order valence-corrected chi connectivity index (χ3v) is 5.63. The van der Waals surface area contributed by atoms with Crippen LogP contribution in [0.2, 0.25) is 0 Å². The highest BCUT2D eigenvalue weighted by Crippen LogP contribution is 2.30. The lowest BCUT2D eigenvalue weighted by atomic mass is 10.1. The summed E-state index contributed by atoms with van der Waals surface area (Å²) in [7, 11) is 1.65. The summed E-state index contributed by atoms with van der Waals surface area (Å²) in [5, 5.41) is 1.97. The topological polar surface area (TPSA) is 42.4 Å². The Morgan fingerprint density at radius 2 is 2.08 bits per heavy atom. The fraction of sp³-hybridized carbons (Fsp3) is 0.238. The Kier molecular flexibility index (Phi) is 4.55.